The topological polar surface area (TPSA) is 0 Å². The monoisotopic (exact) mass is 296 g/mol. The van der Waals surface area contributed by atoms with Crippen molar-refractivity contribution in [3.63, 3.8) is 0 Å². The average molecular weight is 296 g/mol. The summed E-state index contributed by atoms with van der Waals surface area (Å²) >= 11 is 0. The Balaban J connectivity index is 1.77. The van der Waals surface area contributed by atoms with Gasteiger partial charge in [-0.2, -0.15) is 0 Å². The highest BCUT2D eigenvalue weighted by molar-refractivity contribution is 5.32. The first kappa shape index (κ1) is 15.8. The molecule has 2 saturated carbocycles. The average Bonchev–Trinajstić information content (AvgIpc) is 2.62. The van der Waals surface area contributed by atoms with Crippen LogP contribution in [-0.4, -0.2) is 0 Å². The summed E-state index contributed by atoms with van der Waals surface area (Å²) < 4.78 is 0. The number of hydrogen-bond acceptors (Lipinski definition) is 0. The molecular formula is C22H32. The predicted molar refractivity (Wildman–Crippen MR) is 96.5 cm³/mol. The summed E-state index contributed by atoms with van der Waals surface area (Å²) in [6, 6.07) is 9.85. The van der Waals surface area contributed by atoms with E-state index in [1.54, 1.807) is 11.1 Å². The largest absolute Gasteiger partial charge is 0.103 e. The fraction of sp³-hybridized carbons (Fsp3) is 0.636. The molecule has 0 bridgehead atoms. The SMILES string of the molecule is C=CCCC1(c2ccc(C3CCCCC3)cc2)CCCCC1. The van der Waals surface area contributed by atoms with E-state index in [1.807, 2.05) is 0 Å². The Morgan fingerprint density at radius 1 is 0.909 bits per heavy atom. The van der Waals surface area contributed by atoms with Crippen molar-refractivity contribution in [1.82, 2.24) is 0 Å². The molecule has 0 saturated heterocycles. The lowest BCUT2D eigenvalue weighted by Gasteiger charge is -2.38. The molecule has 2 fully saturated rings. The minimum atomic E-state index is 0.442. The first-order valence-electron chi connectivity index (χ1n) is 9.55. The van der Waals surface area contributed by atoms with Gasteiger partial charge < -0.3 is 0 Å². The molecule has 2 aliphatic carbocycles. The molecule has 2 aliphatic rings. The Morgan fingerprint density at radius 3 is 2.18 bits per heavy atom. The van der Waals surface area contributed by atoms with Gasteiger partial charge in [0, 0.05) is 0 Å². The van der Waals surface area contributed by atoms with Crippen LogP contribution in [0.3, 0.4) is 0 Å². The maximum atomic E-state index is 3.95. The third kappa shape index (κ3) is 3.47. The van der Waals surface area contributed by atoms with Gasteiger partial charge in [-0.1, -0.05) is 68.9 Å². The second kappa shape index (κ2) is 7.49. The fourth-order valence-electron chi connectivity index (χ4n) is 4.83. The molecule has 0 aliphatic heterocycles. The third-order valence-corrected chi connectivity index (χ3v) is 6.24. The molecule has 1 aromatic rings. The standard InChI is InChI=1S/C22H32/c1-2-3-16-22(17-8-5-9-18-22)21-14-12-20(13-15-21)19-10-6-4-7-11-19/h2,12-15,19H,1,3-11,16-18H2. The van der Waals surface area contributed by atoms with Gasteiger partial charge in [0.15, 0.2) is 0 Å². The van der Waals surface area contributed by atoms with Crippen molar-refractivity contribution in [3.8, 4) is 0 Å². The van der Waals surface area contributed by atoms with E-state index in [4.69, 9.17) is 0 Å². The summed E-state index contributed by atoms with van der Waals surface area (Å²) in [5, 5.41) is 0. The first-order chi connectivity index (χ1) is 10.8. The van der Waals surface area contributed by atoms with Gasteiger partial charge in [0.05, 0.1) is 0 Å². The molecule has 22 heavy (non-hydrogen) atoms. The van der Waals surface area contributed by atoms with Crippen LogP contribution in [0, 0.1) is 0 Å². The van der Waals surface area contributed by atoms with Crippen molar-refractivity contribution in [2.45, 2.75) is 88.4 Å². The molecule has 0 radical (unpaired) electrons. The molecule has 0 aromatic heterocycles. The molecular weight excluding hydrogens is 264 g/mol. The summed E-state index contributed by atoms with van der Waals surface area (Å²) in [5.74, 6) is 0.832. The number of benzene rings is 1. The summed E-state index contributed by atoms with van der Waals surface area (Å²) in [6.45, 7) is 3.95. The smallest absolute Gasteiger partial charge is 0.00440 e. The van der Waals surface area contributed by atoms with Crippen LogP contribution in [0.5, 0.6) is 0 Å². The van der Waals surface area contributed by atoms with Crippen molar-refractivity contribution < 1.29 is 0 Å². The summed E-state index contributed by atoms with van der Waals surface area (Å²) in [7, 11) is 0. The molecule has 1 aromatic carbocycles. The van der Waals surface area contributed by atoms with Gasteiger partial charge in [-0.25, -0.2) is 0 Å². The normalized spacial score (nSPS) is 22.4. The molecule has 3 rings (SSSR count). The Hall–Kier alpha value is -1.04. The highest BCUT2D eigenvalue weighted by Crippen LogP contribution is 2.43. The van der Waals surface area contributed by atoms with E-state index < -0.39 is 0 Å². The van der Waals surface area contributed by atoms with Crippen LogP contribution >= 0.6 is 0 Å². The van der Waals surface area contributed by atoms with Crippen LogP contribution in [0.15, 0.2) is 36.9 Å². The Bertz CT molecular complexity index is 455. The van der Waals surface area contributed by atoms with Crippen LogP contribution < -0.4 is 0 Å². The summed E-state index contributed by atoms with van der Waals surface area (Å²) in [5.41, 5.74) is 3.64. The predicted octanol–water partition coefficient (Wildman–Crippen LogP) is 6.90. The molecule has 0 unspecified atom stereocenters. The number of allylic oxidation sites excluding steroid dienone is 1. The Morgan fingerprint density at radius 2 is 1.55 bits per heavy atom. The first-order valence-corrected chi connectivity index (χ1v) is 9.55. The fourth-order valence-corrected chi connectivity index (χ4v) is 4.83. The van der Waals surface area contributed by atoms with E-state index in [-0.39, 0.29) is 0 Å². The molecule has 0 amide bonds. The Labute approximate surface area is 137 Å². The lowest BCUT2D eigenvalue weighted by molar-refractivity contribution is 0.275. The van der Waals surface area contributed by atoms with E-state index in [9.17, 15) is 0 Å². The quantitative estimate of drug-likeness (QED) is 0.518. The maximum absolute atomic E-state index is 3.95. The number of rotatable bonds is 5. The van der Waals surface area contributed by atoms with Crippen LogP contribution in [-0.2, 0) is 5.41 Å². The highest BCUT2D eigenvalue weighted by atomic mass is 14.4. The van der Waals surface area contributed by atoms with Gasteiger partial charge in [-0.3, -0.25) is 0 Å². The summed E-state index contributed by atoms with van der Waals surface area (Å²) in [4.78, 5) is 0. The van der Waals surface area contributed by atoms with Gasteiger partial charge in [0.25, 0.3) is 0 Å². The lowest BCUT2D eigenvalue weighted by atomic mass is 9.66. The second-order valence-electron chi connectivity index (χ2n) is 7.63. The maximum Gasteiger partial charge on any atom is -0.00440 e. The van der Waals surface area contributed by atoms with E-state index in [2.05, 4.69) is 36.9 Å². The lowest BCUT2D eigenvalue weighted by Crippen LogP contribution is -2.29. The van der Waals surface area contributed by atoms with Gasteiger partial charge >= 0.3 is 0 Å². The van der Waals surface area contributed by atoms with Crippen molar-refractivity contribution >= 4 is 0 Å². The van der Waals surface area contributed by atoms with Gasteiger partial charge in [-0.15, -0.1) is 6.58 Å². The van der Waals surface area contributed by atoms with Gasteiger partial charge in [0.1, 0.15) is 0 Å². The highest BCUT2D eigenvalue weighted by Gasteiger charge is 2.33. The summed E-state index contributed by atoms with van der Waals surface area (Å²) in [6.07, 6.45) is 18.6. The molecule has 0 nitrogen and oxygen atoms in total. The van der Waals surface area contributed by atoms with Crippen LogP contribution in [0.25, 0.3) is 0 Å². The van der Waals surface area contributed by atoms with Crippen LogP contribution in [0.4, 0.5) is 0 Å². The minimum Gasteiger partial charge on any atom is -0.103 e. The number of hydrogen-bond donors (Lipinski definition) is 0. The zero-order valence-corrected chi connectivity index (χ0v) is 14.2. The van der Waals surface area contributed by atoms with E-state index in [0.29, 0.717) is 5.41 Å². The van der Waals surface area contributed by atoms with E-state index in [0.717, 1.165) is 12.3 Å². The Kier molecular flexibility index (Phi) is 5.39. The van der Waals surface area contributed by atoms with Gasteiger partial charge in [-0.05, 0) is 61.0 Å². The van der Waals surface area contributed by atoms with Gasteiger partial charge in [0.2, 0.25) is 0 Å². The molecule has 0 heterocycles. The molecule has 0 atom stereocenters. The third-order valence-electron chi connectivity index (χ3n) is 6.24. The van der Waals surface area contributed by atoms with Crippen molar-refractivity contribution in [2.75, 3.05) is 0 Å². The second-order valence-corrected chi connectivity index (χ2v) is 7.63. The molecule has 120 valence electrons. The van der Waals surface area contributed by atoms with Crippen LogP contribution in [0.1, 0.15) is 94.1 Å². The van der Waals surface area contributed by atoms with Crippen molar-refractivity contribution in [3.05, 3.63) is 48.0 Å². The zero-order valence-electron chi connectivity index (χ0n) is 14.2. The molecule has 0 spiro atoms. The van der Waals surface area contributed by atoms with Crippen LogP contribution in [0.2, 0.25) is 0 Å². The molecule has 0 heteroatoms. The van der Waals surface area contributed by atoms with E-state index in [1.165, 1.54) is 70.6 Å². The minimum absolute atomic E-state index is 0.442. The van der Waals surface area contributed by atoms with E-state index >= 15 is 0 Å². The van der Waals surface area contributed by atoms with Crippen molar-refractivity contribution in [1.29, 1.82) is 0 Å². The zero-order chi connectivity index (χ0) is 15.3. The van der Waals surface area contributed by atoms with Crippen molar-refractivity contribution in [2.24, 2.45) is 0 Å². The molecule has 0 N–H and O–H groups in total.